The molecule has 3 rings (SSSR count). The SMILES string of the molecule is CC(NC(=O)/C=C/c1cc(Cl)c2c(c1)OCO2)c1ccc(S(=O)(=O)N(C)C)cc1. The summed E-state index contributed by atoms with van der Waals surface area (Å²) in [7, 11) is -0.529. The number of carbonyl (C=O) groups excluding carboxylic acids is 1. The lowest BCUT2D eigenvalue weighted by Crippen LogP contribution is -2.25. The summed E-state index contributed by atoms with van der Waals surface area (Å²) >= 11 is 6.13. The first-order chi connectivity index (χ1) is 13.7. The van der Waals surface area contributed by atoms with Gasteiger partial charge in [-0.3, -0.25) is 4.79 Å². The van der Waals surface area contributed by atoms with Gasteiger partial charge in [-0.25, -0.2) is 12.7 Å². The number of nitrogens with zero attached hydrogens (tertiary/aromatic N) is 1. The maximum Gasteiger partial charge on any atom is 0.244 e. The monoisotopic (exact) mass is 436 g/mol. The summed E-state index contributed by atoms with van der Waals surface area (Å²) in [4.78, 5) is 12.4. The number of amides is 1. The zero-order valence-electron chi connectivity index (χ0n) is 16.2. The molecule has 1 unspecified atom stereocenters. The number of fused-ring (bicyclic) bond motifs is 1. The average molecular weight is 437 g/mol. The Morgan fingerprint density at radius 3 is 2.55 bits per heavy atom. The number of sulfonamides is 1. The molecule has 9 heteroatoms. The molecule has 0 saturated heterocycles. The lowest BCUT2D eigenvalue weighted by atomic mass is 10.1. The second-order valence-electron chi connectivity index (χ2n) is 6.66. The summed E-state index contributed by atoms with van der Waals surface area (Å²) < 4.78 is 36.0. The molecule has 2 aromatic rings. The normalized spacial score (nSPS) is 14.4. The second-order valence-corrected chi connectivity index (χ2v) is 9.22. The summed E-state index contributed by atoms with van der Waals surface area (Å²) in [5.41, 5.74) is 1.50. The van der Waals surface area contributed by atoms with Gasteiger partial charge in [0.05, 0.1) is 16.0 Å². The van der Waals surface area contributed by atoms with E-state index in [2.05, 4.69) is 5.32 Å². The van der Waals surface area contributed by atoms with Crippen molar-refractivity contribution in [2.75, 3.05) is 20.9 Å². The van der Waals surface area contributed by atoms with E-state index in [1.165, 1.54) is 32.3 Å². The molecule has 0 radical (unpaired) electrons. The molecule has 2 aromatic carbocycles. The topological polar surface area (TPSA) is 84.9 Å². The maximum absolute atomic E-state index is 12.2. The third-order valence-corrected chi connectivity index (χ3v) is 6.50. The van der Waals surface area contributed by atoms with Crippen molar-refractivity contribution in [1.82, 2.24) is 9.62 Å². The Bertz CT molecular complexity index is 1050. The lowest BCUT2D eigenvalue weighted by Gasteiger charge is -2.15. The van der Waals surface area contributed by atoms with Crippen molar-refractivity contribution < 1.29 is 22.7 Å². The number of ether oxygens (including phenoxy) is 2. The lowest BCUT2D eigenvalue weighted by molar-refractivity contribution is -0.117. The standard InChI is InChI=1S/C20H21ClN2O5S/c1-13(15-5-7-16(8-6-15)29(25,26)23(2)3)22-19(24)9-4-14-10-17(21)20-18(11-14)27-12-28-20/h4-11,13H,12H2,1-3H3,(H,22,24)/b9-4+. The van der Waals surface area contributed by atoms with Crippen molar-refractivity contribution in [3.8, 4) is 11.5 Å². The summed E-state index contributed by atoms with van der Waals surface area (Å²) in [5.74, 6) is 0.747. The molecule has 1 atom stereocenters. The van der Waals surface area contributed by atoms with Crippen LogP contribution in [0.15, 0.2) is 47.4 Å². The van der Waals surface area contributed by atoms with Crippen molar-refractivity contribution in [2.45, 2.75) is 17.9 Å². The van der Waals surface area contributed by atoms with Gasteiger partial charge < -0.3 is 14.8 Å². The molecule has 0 fully saturated rings. The van der Waals surface area contributed by atoms with Gasteiger partial charge in [-0.1, -0.05) is 23.7 Å². The number of nitrogens with one attached hydrogen (secondary N) is 1. The van der Waals surface area contributed by atoms with Crippen molar-refractivity contribution in [3.05, 3.63) is 58.6 Å². The van der Waals surface area contributed by atoms with E-state index in [4.69, 9.17) is 21.1 Å². The Hall–Kier alpha value is -2.55. The Labute approximate surface area is 174 Å². The van der Waals surface area contributed by atoms with E-state index in [9.17, 15) is 13.2 Å². The van der Waals surface area contributed by atoms with Crippen LogP contribution in [0.25, 0.3) is 6.08 Å². The fourth-order valence-corrected chi connectivity index (χ4v) is 3.91. The fraction of sp³-hybridized carbons (Fsp3) is 0.250. The van der Waals surface area contributed by atoms with Crippen LogP contribution in [-0.4, -0.2) is 39.5 Å². The highest BCUT2D eigenvalue weighted by molar-refractivity contribution is 7.89. The molecular weight excluding hydrogens is 416 g/mol. The molecule has 154 valence electrons. The van der Waals surface area contributed by atoms with Crippen LogP contribution in [0.1, 0.15) is 24.1 Å². The Morgan fingerprint density at radius 1 is 1.21 bits per heavy atom. The van der Waals surface area contributed by atoms with Gasteiger partial charge in [0.15, 0.2) is 11.5 Å². The molecule has 7 nitrogen and oxygen atoms in total. The van der Waals surface area contributed by atoms with Crippen LogP contribution < -0.4 is 14.8 Å². The van der Waals surface area contributed by atoms with Crippen LogP contribution in [0.4, 0.5) is 0 Å². The van der Waals surface area contributed by atoms with Crippen LogP contribution in [0.3, 0.4) is 0 Å². The maximum atomic E-state index is 12.2. The van der Waals surface area contributed by atoms with E-state index in [0.29, 0.717) is 22.1 Å². The van der Waals surface area contributed by atoms with E-state index in [-0.39, 0.29) is 23.6 Å². The highest BCUT2D eigenvalue weighted by atomic mass is 35.5. The first-order valence-electron chi connectivity index (χ1n) is 8.78. The molecule has 0 aromatic heterocycles. The van der Waals surface area contributed by atoms with Crippen molar-refractivity contribution in [2.24, 2.45) is 0 Å². The van der Waals surface area contributed by atoms with Gasteiger partial charge in [-0.2, -0.15) is 0 Å². The molecule has 0 spiro atoms. The number of hydrogen-bond acceptors (Lipinski definition) is 5. The van der Waals surface area contributed by atoms with Gasteiger partial charge in [0.2, 0.25) is 22.7 Å². The van der Waals surface area contributed by atoms with E-state index in [1.54, 1.807) is 30.3 Å². The van der Waals surface area contributed by atoms with Gasteiger partial charge in [-0.15, -0.1) is 0 Å². The molecule has 1 N–H and O–H groups in total. The summed E-state index contributed by atoms with van der Waals surface area (Å²) in [5, 5.41) is 3.26. The minimum absolute atomic E-state index is 0.120. The highest BCUT2D eigenvalue weighted by Gasteiger charge is 2.19. The first kappa shape index (κ1) is 21.2. The van der Waals surface area contributed by atoms with E-state index < -0.39 is 10.0 Å². The molecular formula is C20H21ClN2O5S. The molecule has 1 amide bonds. The van der Waals surface area contributed by atoms with E-state index >= 15 is 0 Å². The van der Waals surface area contributed by atoms with Crippen LogP contribution in [-0.2, 0) is 14.8 Å². The molecule has 0 bridgehead atoms. The van der Waals surface area contributed by atoms with Gasteiger partial charge >= 0.3 is 0 Å². The van der Waals surface area contributed by atoms with Crippen LogP contribution in [0.5, 0.6) is 11.5 Å². The smallest absolute Gasteiger partial charge is 0.244 e. The third-order valence-electron chi connectivity index (χ3n) is 4.39. The third kappa shape index (κ3) is 4.72. The Morgan fingerprint density at radius 2 is 1.90 bits per heavy atom. The quantitative estimate of drug-likeness (QED) is 0.703. The van der Waals surface area contributed by atoms with Crippen LogP contribution in [0.2, 0.25) is 5.02 Å². The minimum Gasteiger partial charge on any atom is -0.454 e. The molecule has 29 heavy (non-hydrogen) atoms. The number of hydrogen-bond donors (Lipinski definition) is 1. The fourth-order valence-electron chi connectivity index (χ4n) is 2.74. The Kier molecular flexibility index (Phi) is 6.16. The van der Waals surface area contributed by atoms with Gasteiger partial charge in [-0.05, 0) is 48.4 Å². The highest BCUT2D eigenvalue weighted by Crippen LogP contribution is 2.40. The second kappa shape index (κ2) is 8.44. The largest absolute Gasteiger partial charge is 0.454 e. The first-order valence-corrected chi connectivity index (χ1v) is 10.6. The summed E-state index contributed by atoms with van der Waals surface area (Å²) in [6.45, 7) is 1.94. The Balaban J connectivity index is 1.65. The number of benzene rings is 2. The zero-order chi connectivity index (χ0) is 21.2. The van der Waals surface area contributed by atoms with Crippen molar-refractivity contribution >= 4 is 33.6 Å². The predicted molar refractivity (Wildman–Crippen MR) is 110 cm³/mol. The molecule has 1 heterocycles. The van der Waals surface area contributed by atoms with Gasteiger partial charge in [0, 0.05) is 20.2 Å². The van der Waals surface area contributed by atoms with Crippen molar-refractivity contribution in [1.29, 1.82) is 0 Å². The van der Waals surface area contributed by atoms with E-state index in [0.717, 1.165) is 9.87 Å². The zero-order valence-corrected chi connectivity index (χ0v) is 17.8. The number of carbonyl (C=O) groups is 1. The number of rotatable bonds is 6. The van der Waals surface area contributed by atoms with Crippen LogP contribution in [0, 0.1) is 0 Å². The predicted octanol–water partition coefficient (Wildman–Crippen LogP) is 3.21. The van der Waals surface area contributed by atoms with E-state index in [1.807, 2.05) is 6.92 Å². The summed E-state index contributed by atoms with van der Waals surface area (Å²) in [6, 6.07) is 9.54. The number of halogens is 1. The minimum atomic E-state index is -3.48. The van der Waals surface area contributed by atoms with Crippen LogP contribution >= 0.6 is 11.6 Å². The summed E-state index contributed by atoms with van der Waals surface area (Å²) in [6.07, 6.45) is 3.03. The molecule has 0 saturated carbocycles. The average Bonchev–Trinajstić information content (AvgIpc) is 3.15. The molecule has 0 aliphatic carbocycles. The molecule has 1 aliphatic heterocycles. The van der Waals surface area contributed by atoms with Gasteiger partial charge in [0.1, 0.15) is 0 Å². The van der Waals surface area contributed by atoms with Crippen molar-refractivity contribution in [3.63, 3.8) is 0 Å². The van der Waals surface area contributed by atoms with Gasteiger partial charge in [0.25, 0.3) is 0 Å². The molecule has 1 aliphatic rings.